The van der Waals surface area contributed by atoms with E-state index in [0.717, 1.165) is 16.0 Å². The highest BCUT2D eigenvalue weighted by atomic mass is 32.2. The summed E-state index contributed by atoms with van der Waals surface area (Å²) in [5.41, 5.74) is 2.67. The number of halogens is 1. The van der Waals surface area contributed by atoms with Gasteiger partial charge in [-0.3, -0.25) is 4.79 Å². The Morgan fingerprint density at radius 3 is 2.43 bits per heavy atom. The molecule has 0 fully saturated rings. The van der Waals surface area contributed by atoms with Crippen LogP contribution in [0.1, 0.15) is 21.5 Å². The zero-order chi connectivity index (χ0) is 15.4. The lowest BCUT2D eigenvalue weighted by Crippen LogP contribution is -2.06. The Labute approximate surface area is 128 Å². The van der Waals surface area contributed by atoms with Crippen molar-refractivity contribution in [1.82, 2.24) is 0 Å². The number of ketones is 1. The second kappa shape index (κ2) is 6.76. The molecule has 21 heavy (non-hydrogen) atoms. The number of carbonyl (C=O) groups is 1. The molecule has 0 unspecified atom stereocenters. The van der Waals surface area contributed by atoms with Gasteiger partial charge >= 0.3 is 0 Å². The Balaban J connectivity index is 2.13. The van der Waals surface area contributed by atoms with E-state index >= 15 is 0 Å². The maximum atomic E-state index is 12.8. The highest BCUT2D eigenvalue weighted by molar-refractivity contribution is 8.00. The number of Topliss-reactive ketones (excluding diaryl/α,β-unsaturated/α-hetero) is 1. The van der Waals surface area contributed by atoms with Crippen molar-refractivity contribution in [1.29, 1.82) is 0 Å². The van der Waals surface area contributed by atoms with Crippen LogP contribution >= 0.6 is 11.8 Å². The molecule has 2 nitrogen and oxygen atoms in total. The molecule has 0 N–H and O–H groups in total. The Kier molecular flexibility index (Phi) is 5.02. The third kappa shape index (κ3) is 3.64. The second-order valence-corrected chi connectivity index (χ2v) is 5.80. The third-order valence-corrected chi connectivity index (χ3v) is 4.38. The summed E-state index contributed by atoms with van der Waals surface area (Å²) in [6.07, 6.45) is 0. The van der Waals surface area contributed by atoms with Crippen LogP contribution in [0, 0.1) is 19.7 Å². The highest BCUT2D eigenvalue weighted by Gasteiger charge is 2.15. The monoisotopic (exact) mass is 304 g/mol. The standard InChI is InChI=1S/C17H17FO2S/c1-11-4-9-15(17(20-3)12(11)2)16(19)10-21-14-7-5-13(18)6-8-14/h4-9H,10H2,1-3H3. The Morgan fingerprint density at radius 2 is 1.81 bits per heavy atom. The number of benzene rings is 2. The fraction of sp³-hybridized carbons (Fsp3) is 0.235. The minimum Gasteiger partial charge on any atom is -0.496 e. The van der Waals surface area contributed by atoms with Crippen molar-refractivity contribution in [3.05, 3.63) is 58.9 Å². The first-order valence-corrected chi connectivity index (χ1v) is 7.57. The summed E-state index contributed by atoms with van der Waals surface area (Å²) >= 11 is 1.39. The maximum Gasteiger partial charge on any atom is 0.176 e. The fourth-order valence-electron chi connectivity index (χ4n) is 2.03. The Hall–Kier alpha value is -1.81. The van der Waals surface area contributed by atoms with Gasteiger partial charge in [0.2, 0.25) is 0 Å². The molecule has 0 atom stereocenters. The number of carbonyl (C=O) groups excluding carboxylic acids is 1. The normalized spacial score (nSPS) is 10.5. The Bertz CT molecular complexity index is 651. The van der Waals surface area contributed by atoms with Crippen molar-refractivity contribution in [3.63, 3.8) is 0 Å². The number of aryl methyl sites for hydroxylation is 1. The summed E-state index contributed by atoms with van der Waals surface area (Å²) < 4.78 is 18.2. The van der Waals surface area contributed by atoms with Crippen LogP contribution < -0.4 is 4.74 Å². The summed E-state index contributed by atoms with van der Waals surface area (Å²) in [6, 6.07) is 9.85. The molecule has 0 aliphatic heterocycles. The van der Waals surface area contributed by atoms with Crippen molar-refractivity contribution < 1.29 is 13.9 Å². The first-order valence-electron chi connectivity index (χ1n) is 6.58. The second-order valence-electron chi connectivity index (χ2n) is 4.75. The molecule has 0 amide bonds. The molecule has 0 saturated heterocycles. The van der Waals surface area contributed by atoms with Crippen LogP contribution in [-0.2, 0) is 0 Å². The van der Waals surface area contributed by atoms with Gasteiger partial charge in [0.1, 0.15) is 11.6 Å². The van der Waals surface area contributed by atoms with Crippen molar-refractivity contribution >= 4 is 17.5 Å². The van der Waals surface area contributed by atoms with Gasteiger partial charge in [-0.2, -0.15) is 0 Å². The number of ether oxygens (including phenoxy) is 1. The molecule has 0 saturated carbocycles. The Morgan fingerprint density at radius 1 is 1.14 bits per heavy atom. The van der Waals surface area contributed by atoms with E-state index in [0.29, 0.717) is 17.1 Å². The molecule has 2 aromatic carbocycles. The average molecular weight is 304 g/mol. The molecule has 2 rings (SSSR count). The molecule has 0 heterocycles. The number of hydrogen-bond acceptors (Lipinski definition) is 3. The van der Waals surface area contributed by atoms with E-state index in [1.807, 2.05) is 19.9 Å². The first-order chi connectivity index (χ1) is 10.0. The molecule has 0 radical (unpaired) electrons. The topological polar surface area (TPSA) is 26.3 Å². The zero-order valence-corrected chi connectivity index (χ0v) is 13.1. The van der Waals surface area contributed by atoms with Crippen molar-refractivity contribution in [2.75, 3.05) is 12.9 Å². The smallest absolute Gasteiger partial charge is 0.176 e. The van der Waals surface area contributed by atoms with Gasteiger partial charge in [0.25, 0.3) is 0 Å². The van der Waals surface area contributed by atoms with E-state index in [2.05, 4.69) is 0 Å². The molecular formula is C17H17FO2S. The van der Waals surface area contributed by atoms with Gasteiger partial charge in [0, 0.05) is 4.90 Å². The first kappa shape index (κ1) is 15.6. The molecule has 0 aromatic heterocycles. The van der Waals surface area contributed by atoms with Gasteiger partial charge in [-0.1, -0.05) is 6.07 Å². The van der Waals surface area contributed by atoms with E-state index in [-0.39, 0.29) is 11.6 Å². The van der Waals surface area contributed by atoms with Crippen molar-refractivity contribution in [2.24, 2.45) is 0 Å². The van der Waals surface area contributed by atoms with E-state index < -0.39 is 0 Å². The van der Waals surface area contributed by atoms with Crippen LogP contribution in [0.3, 0.4) is 0 Å². The van der Waals surface area contributed by atoms with Crippen LogP contribution in [0.25, 0.3) is 0 Å². The van der Waals surface area contributed by atoms with E-state index in [9.17, 15) is 9.18 Å². The lowest BCUT2D eigenvalue weighted by atomic mass is 10.0. The maximum absolute atomic E-state index is 12.8. The van der Waals surface area contributed by atoms with Crippen LogP contribution in [0.4, 0.5) is 4.39 Å². The minimum absolute atomic E-state index is 0.00396. The third-order valence-electron chi connectivity index (χ3n) is 3.36. The van der Waals surface area contributed by atoms with Gasteiger partial charge in [0.15, 0.2) is 5.78 Å². The van der Waals surface area contributed by atoms with Crippen LogP contribution in [0.5, 0.6) is 5.75 Å². The molecule has 2 aromatic rings. The molecule has 0 aliphatic carbocycles. The fourth-order valence-corrected chi connectivity index (χ4v) is 2.81. The molecule has 0 aliphatic rings. The largest absolute Gasteiger partial charge is 0.496 e. The van der Waals surface area contributed by atoms with Crippen molar-refractivity contribution in [2.45, 2.75) is 18.7 Å². The molecule has 110 valence electrons. The van der Waals surface area contributed by atoms with E-state index in [1.165, 1.54) is 23.9 Å². The van der Waals surface area contributed by atoms with Crippen LogP contribution in [-0.4, -0.2) is 18.6 Å². The number of thioether (sulfide) groups is 1. The van der Waals surface area contributed by atoms with E-state index in [1.54, 1.807) is 25.3 Å². The minimum atomic E-state index is -0.276. The molecule has 0 bridgehead atoms. The van der Waals surface area contributed by atoms with Gasteiger partial charge in [0.05, 0.1) is 18.4 Å². The summed E-state index contributed by atoms with van der Waals surface area (Å²) in [5.74, 6) is 0.662. The van der Waals surface area contributed by atoms with Gasteiger partial charge in [-0.25, -0.2) is 4.39 Å². The van der Waals surface area contributed by atoms with Gasteiger partial charge in [-0.15, -0.1) is 11.8 Å². The number of hydrogen-bond donors (Lipinski definition) is 0. The lowest BCUT2D eigenvalue weighted by molar-refractivity contribution is 0.101. The van der Waals surface area contributed by atoms with Gasteiger partial charge in [-0.05, 0) is 55.3 Å². The summed E-state index contributed by atoms with van der Waals surface area (Å²) in [5, 5.41) is 0. The number of rotatable bonds is 5. The summed E-state index contributed by atoms with van der Waals surface area (Å²) in [7, 11) is 1.58. The predicted octanol–water partition coefficient (Wildman–Crippen LogP) is 4.43. The van der Waals surface area contributed by atoms with Crippen LogP contribution in [0.2, 0.25) is 0 Å². The van der Waals surface area contributed by atoms with Crippen molar-refractivity contribution in [3.8, 4) is 5.75 Å². The highest BCUT2D eigenvalue weighted by Crippen LogP contribution is 2.28. The molecule has 4 heteroatoms. The average Bonchev–Trinajstić information content (AvgIpc) is 2.49. The lowest BCUT2D eigenvalue weighted by Gasteiger charge is -2.12. The summed E-state index contributed by atoms with van der Waals surface area (Å²) in [6.45, 7) is 3.93. The molecule has 0 spiro atoms. The zero-order valence-electron chi connectivity index (χ0n) is 12.3. The van der Waals surface area contributed by atoms with Crippen LogP contribution in [0.15, 0.2) is 41.3 Å². The van der Waals surface area contributed by atoms with E-state index in [4.69, 9.17) is 4.74 Å². The SMILES string of the molecule is COc1c(C(=O)CSc2ccc(F)cc2)ccc(C)c1C. The van der Waals surface area contributed by atoms with Gasteiger partial charge < -0.3 is 4.74 Å². The number of methoxy groups -OCH3 is 1. The molecular weight excluding hydrogens is 287 g/mol. The predicted molar refractivity (Wildman–Crippen MR) is 83.9 cm³/mol. The summed E-state index contributed by atoms with van der Waals surface area (Å²) in [4.78, 5) is 13.2. The quantitative estimate of drug-likeness (QED) is 0.604.